The fourth-order valence-electron chi connectivity index (χ4n) is 3.50. The van der Waals surface area contributed by atoms with Crippen LogP contribution in [-0.4, -0.2) is 9.97 Å². The predicted molar refractivity (Wildman–Crippen MR) is 116 cm³/mol. The largest absolute Gasteiger partial charge is 0.361 e. The number of H-pyrrole nitrogens is 1. The molecule has 0 fully saturated rings. The predicted octanol–water partition coefficient (Wildman–Crippen LogP) is 6.37. The summed E-state index contributed by atoms with van der Waals surface area (Å²) in [5, 5.41) is 15.5. The number of aromatic nitrogens is 2. The van der Waals surface area contributed by atoms with E-state index in [9.17, 15) is 5.26 Å². The van der Waals surface area contributed by atoms with Gasteiger partial charge < -0.3 is 10.3 Å². The van der Waals surface area contributed by atoms with E-state index in [-0.39, 0.29) is 0 Å². The number of thiophene rings is 1. The van der Waals surface area contributed by atoms with E-state index >= 15 is 0 Å². The van der Waals surface area contributed by atoms with Gasteiger partial charge >= 0.3 is 0 Å². The monoisotopic (exact) mass is 380 g/mol. The Morgan fingerprint density at radius 3 is 2.82 bits per heavy atom. The second-order valence-electron chi connectivity index (χ2n) is 6.67. The highest BCUT2D eigenvalue weighted by Crippen LogP contribution is 2.41. The Labute approximate surface area is 166 Å². The van der Waals surface area contributed by atoms with Crippen molar-refractivity contribution in [3.63, 3.8) is 0 Å². The first kappa shape index (κ1) is 16.5. The highest BCUT2D eigenvalue weighted by molar-refractivity contribution is 7.22. The Bertz CT molecular complexity index is 1340. The molecule has 3 aromatic heterocycles. The minimum absolute atomic E-state index is 0.534. The molecule has 0 amide bonds. The molecule has 0 aliphatic carbocycles. The van der Waals surface area contributed by atoms with Crippen molar-refractivity contribution in [2.75, 3.05) is 5.32 Å². The molecule has 0 spiro atoms. The first-order valence-electron chi connectivity index (χ1n) is 8.96. The Morgan fingerprint density at radius 1 is 1.07 bits per heavy atom. The number of fused-ring (bicyclic) bond motifs is 2. The number of rotatable bonds is 3. The molecule has 0 radical (unpaired) electrons. The number of benzene rings is 2. The second kappa shape index (κ2) is 6.52. The summed E-state index contributed by atoms with van der Waals surface area (Å²) in [4.78, 5) is 8.79. The fourth-order valence-corrected chi connectivity index (χ4v) is 4.67. The van der Waals surface area contributed by atoms with Gasteiger partial charge in [0.15, 0.2) is 0 Å². The summed E-state index contributed by atoms with van der Waals surface area (Å²) in [7, 11) is 0. The molecule has 0 unspecified atom stereocenters. The third-order valence-corrected chi connectivity index (χ3v) is 6.02. The van der Waals surface area contributed by atoms with Crippen molar-refractivity contribution >= 4 is 43.7 Å². The zero-order valence-electron chi connectivity index (χ0n) is 15.2. The summed E-state index contributed by atoms with van der Waals surface area (Å²) in [6.45, 7) is 1.99. The Morgan fingerprint density at radius 2 is 1.96 bits per heavy atom. The lowest BCUT2D eigenvalue weighted by atomic mass is 10.0. The number of hydrogen-bond donors (Lipinski definition) is 2. The van der Waals surface area contributed by atoms with E-state index in [0.717, 1.165) is 38.4 Å². The van der Waals surface area contributed by atoms with E-state index in [1.165, 1.54) is 10.1 Å². The van der Waals surface area contributed by atoms with Crippen LogP contribution in [0.3, 0.4) is 0 Å². The molecule has 0 aliphatic heterocycles. The minimum Gasteiger partial charge on any atom is -0.361 e. The number of nitriles is 1. The molecule has 4 nitrogen and oxygen atoms in total. The first-order chi connectivity index (χ1) is 13.7. The van der Waals surface area contributed by atoms with Gasteiger partial charge in [-0.15, -0.1) is 11.3 Å². The highest BCUT2D eigenvalue weighted by atomic mass is 32.1. The summed E-state index contributed by atoms with van der Waals surface area (Å²) in [6, 6.07) is 21.0. The highest BCUT2D eigenvalue weighted by Gasteiger charge is 2.17. The molecule has 0 bridgehead atoms. The van der Waals surface area contributed by atoms with E-state index in [1.54, 1.807) is 17.5 Å². The van der Waals surface area contributed by atoms with Crippen LogP contribution < -0.4 is 5.32 Å². The smallest absolute Gasteiger partial charge is 0.103 e. The molecule has 5 rings (SSSR count). The number of anilines is 2. The third kappa shape index (κ3) is 2.72. The van der Waals surface area contributed by atoms with Gasteiger partial charge in [0.1, 0.15) is 6.07 Å². The molecule has 28 heavy (non-hydrogen) atoms. The van der Waals surface area contributed by atoms with Crippen LogP contribution in [0.2, 0.25) is 0 Å². The van der Waals surface area contributed by atoms with Crippen molar-refractivity contribution in [1.82, 2.24) is 9.97 Å². The van der Waals surface area contributed by atoms with Gasteiger partial charge in [0, 0.05) is 49.8 Å². The molecular formula is C23H16N4S. The maximum absolute atomic E-state index is 9.71. The Kier molecular flexibility index (Phi) is 3.85. The van der Waals surface area contributed by atoms with Crippen molar-refractivity contribution in [1.29, 1.82) is 5.26 Å². The summed E-state index contributed by atoms with van der Waals surface area (Å²) in [6.07, 6.45) is 3.57. The number of pyridine rings is 1. The third-order valence-electron chi connectivity index (χ3n) is 4.88. The van der Waals surface area contributed by atoms with Crippen molar-refractivity contribution in [3.8, 4) is 16.5 Å². The van der Waals surface area contributed by atoms with Crippen LogP contribution in [0.4, 0.5) is 11.4 Å². The maximum atomic E-state index is 9.71. The van der Waals surface area contributed by atoms with Gasteiger partial charge in [0.05, 0.1) is 11.3 Å². The average molecular weight is 380 g/mol. The molecule has 2 N–H and O–H groups in total. The van der Waals surface area contributed by atoms with Gasteiger partial charge in [0.25, 0.3) is 0 Å². The first-order valence-corrected chi connectivity index (χ1v) is 9.77. The van der Waals surface area contributed by atoms with E-state index in [0.29, 0.717) is 5.56 Å². The van der Waals surface area contributed by atoms with Crippen LogP contribution in [-0.2, 0) is 0 Å². The zero-order valence-corrected chi connectivity index (χ0v) is 16.0. The number of nitrogens with one attached hydrogen (secondary N) is 2. The standard InChI is InChI=1S/C23H16N4S/c1-14-22(21-11-16-4-2-3-5-20(16)28-21)23(17(12-24)13-26-14)27-18-6-7-19-15(10-18)8-9-25-19/h2-11,13,25H,1H3,(H,26,27). The molecule has 5 aromatic rings. The van der Waals surface area contributed by atoms with Crippen LogP contribution in [0.15, 0.2) is 67.0 Å². The summed E-state index contributed by atoms with van der Waals surface area (Å²) >= 11 is 1.72. The Hall–Kier alpha value is -3.62. The second-order valence-corrected chi connectivity index (χ2v) is 7.76. The quantitative estimate of drug-likeness (QED) is 0.382. The lowest BCUT2D eigenvalue weighted by Crippen LogP contribution is -2.00. The molecule has 0 atom stereocenters. The zero-order chi connectivity index (χ0) is 19.1. The van der Waals surface area contributed by atoms with Gasteiger partial charge in [-0.1, -0.05) is 18.2 Å². The van der Waals surface area contributed by atoms with Crippen molar-refractivity contribution in [3.05, 3.63) is 78.2 Å². The number of aromatic amines is 1. The molecule has 5 heteroatoms. The molecule has 3 heterocycles. The van der Waals surface area contributed by atoms with Crippen LogP contribution in [0.25, 0.3) is 31.4 Å². The summed E-state index contributed by atoms with van der Waals surface area (Å²) in [5.74, 6) is 0. The lowest BCUT2D eigenvalue weighted by molar-refractivity contribution is 1.19. The van der Waals surface area contributed by atoms with Gasteiger partial charge in [-0.05, 0) is 48.7 Å². The fraction of sp³-hybridized carbons (Fsp3) is 0.0435. The van der Waals surface area contributed by atoms with E-state index in [2.05, 4.69) is 45.6 Å². The topological polar surface area (TPSA) is 64.5 Å². The SMILES string of the molecule is Cc1ncc(C#N)c(Nc2ccc3[nH]ccc3c2)c1-c1cc2ccccc2s1. The molecule has 0 saturated heterocycles. The average Bonchev–Trinajstić information content (AvgIpc) is 3.34. The summed E-state index contributed by atoms with van der Waals surface area (Å²) in [5.41, 5.74) is 5.24. The van der Waals surface area contributed by atoms with Crippen LogP contribution in [0.5, 0.6) is 0 Å². The molecule has 0 saturated carbocycles. The molecular weight excluding hydrogens is 364 g/mol. The van der Waals surface area contributed by atoms with Crippen molar-refractivity contribution in [2.45, 2.75) is 6.92 Å². The molecule has 0 aliphatic rings. The number of hydrogen-bond acceptors (Lipinski definition) is 4. The summed E-state index contributed by atoms with van der Waals surface area (Å²) < 4.78 is 1.22. The van der Waals surface area contributed by atoms with E-state index in [1.807, 2.05) is 43.5 Å². The van der Waals surface area contributed by atoms with E-state index in [4.69, 9.17) is 0 Å². The van der Waals surface area contributed by atoms with Crippen LogP contribution in [0, 0.1) is 18.3 Å². The van der Waals surface area contributed by atoms with Gasteiger partial charge in [-0.25, -0.2) is 0 Å². The van der Waals surface area contributed by atoms with Gasteiger partial charge in [-0.3, -0.25) is 4.98 Å². The molecule has 134 valence electrons. The Balaban J connectivity index is 1.69. The normalized spacial score (nSPS) is 11.0. The van der Waals surface area contributed by atoms with Crippen molar-refractivity contribution in [2.24, 2.45) is 0 Å². The van der Waals surface area contributed by atoms with Gasteiger partial charge in [0.2, 0.25) is 0 Å². The van der Waals surface area contributed by atoms with Crippen LogP contribution >= 0.6 is 11.3 Å². The maximum Gasteiger partial charge on any atom is 0.103 e. The number of nitrogens with zero attached hydrogens (tertiary/aromatic N) is 2. The van der Waals surface area contributed by atoms with Crippen molar-refractivity contribution < 1.29 is 0 Å². The lowest BCUT2D eigenvalue weighted by Gasteiger charge is -2.15. The number of aryl methyl sites for hydroxylation is 1. The van der Waals surface area contributed by atoms with Crippen LogP contribution in [0.1, 0.15) is 11.3 Å². The molecule has 2 aromatic carbocycles. The minimum atomic E-state index is 0.534. The van der Waals surface area contributed by atoms with Gasteiger partial charge in [-0.2, -0.15) is 5.26 Å². The van der Waals surface area contributed by atoms with E-state index < -0.39 is 0 Å².